The Morgan fingerprint density at radius 2 is 1.56 bits per heavy atom. The van der Waals surface area contributed by atoms with Crippen LogP contribution in [0, 0.1) is 0 Å². The van der Waals surface area contributed by atoms with E-state index in [1.165, 1.54) is 0 Å². The molecule has 2 aromatic carbocycles. The Bertz CT molecular complexity index is 756. The SMILES string of the molecule is CCCCCCOC(=O)c1ccccc1C(=O)c1cccc(N)c1N. The van der Waals surface area contributed by atoms with Crippen LogP contribution >= 0.6 is 0 Å². The fourth-order valence-electron chi connectivity index (χ4n) is 2.56. The van der Waals surface area contributed by atoms with E-state index in [1.807, 2.05) is 0 Å². The lowest BCUT2D eigenvalue weighted by Gasteiger charge is -2.11. The summed E-state index contributed by atoms with van der Waals surface area (Å²) in [5.74, 6) is -0.841. The first-order valence-corrected chi connectivity index (χ1v) is 8.51. The normalized spacial score (nSPS) is 10.4. The molecule has 2 aromatic rings. The van der Waals surface area contributed by atoms with Crippen LogP contribution in [0.15, 0.2) is 42.5 Å². The molecule has 0 spiro atoms. The van der Waals surface area contributed by atoms with Crippen LogP contribution in [-0.4, -0.2) is 18.4 Å². The zero-order chi connectivity index (χ0) is 18.2. The molecular formula is C20H24N2O3. The van der Waals surface area contributed by atoms with Gasteiger partial charge in [0.05, 0.1) is 23.5 Å². The molecule has 0 radical (unpaired) electrons. The molecule has 0 unspecified atom stereocenters. The first-order valence-electron chi connectivity index (χ1n) is 8.51. The maximum atomic E-state index is 12.8. The van der Waals surface area contributed by atoms with Crippen LogP contribution in [0.25, 0.3) is 0 Å². The molecule has 0 amide bonds. The molecule has 0 saturated heterocycles. The van der Waals surface area contributed by atoms with Crippen molar-refractivity contribution in [1.29, 1.82) is 0 Å². The minimum atomic E-state index is -0.497. The third kappa shape index (κ3) is 4.59. The fourth-order valence-corrected chi connectivity index (χ4v) is 2.56. The first kappa shape index (κ1) is 18.5. The lowest BCUT2D eigenvalue weighted by molar-refractivity contribution is 0.0495. The molecule has 0 aliphatic heterocycles. The van der Waals surface area contributed by atoms with Crippen molar-refractivity contribution in [2.45, 2.75) is 32.6 Å². The summed E-state index contributed by atoms with van der Waals surface area (Å²) >= 11 is 0. The van der Waals surface area contributed by atoms with Gasteiger partial charge in [-0.25, -0.2) is 4.79 Å². The second-order valence-corrected chi connectivity index (χ2v) is 5.88. The Morgan fingerprint density at radius 1 is 0.880 bits per heavy atom. The van der Waals surface area contributed by atoms with E-state index in [4.69, 9.17) is 16.2 Å². The molecule has 0 aromatic heterocycles. The molecule has 4 N–H and O–H groups in total. The summed E-state index contributed by atoms with van der Waals surface area (Å²) in [6.45, 7) is 2.47. The number of anilines is 2. The fraction of sp³-hybridized carbons (Fsp3) is 0.300. The Kier molecular flexibility index (Phi) is 6.57. The van der Waals surface area contributed by atoms with Crippen molar-refractivity contribution in [3.8, 4) is 0 Å². The molecule has 0 atom stereocenters. The quantitative estimate of drug-likeness (QED) is 0.330. The molecule has 0 heterocycles. The summed E-state index contributed by atoms with van der Waals surface area (Å²) in [5, 5.41) is 0. The molecular weight excluding hydrogens is 316 g/mol. The highest BCUT2D eigenvalue weighted by Crippen LogP contribution is 2.24. The average Bonchev–Trinajstić information content (AvgIpc) is 2.63. The van der Waals surface area contributed by atoms with Crippen LogP contribution in [0.2, 0.25) is 0 Å². The van der Waals surface area contributed by atoms with E-state index in [0.29, 0.717) is 12.3 Å². The summed E-state index contributed by atoms with van der Waals surface area (Å²) in [6, 6.07) is 11.5. The number of ether oxygens (including phenoxy) is 1. The number of nitrogen functional groups attached to an aromatic ring is 2. The van der Waals surface area contributed by atoms with Gasteiger partial charge < -0.3 is 16.2 Å². The molecule has 0 aliphatic carbocycles. The van der Waals surface area contributed by atoms with Gasteiger partial charge >= 0.3 is 5.97 Å². The summed E-state index contributed by atoms with van der Waals surface area (Å²) in [6.07, 6.45) is 4.07. The number of para-hydroxylation sites is 1. The second-order valence-electron chi connectivity index (χ2n) is 5.88. The topological polar surface area (TPSA) is 95.4 Å². The molecule has 25 heavy (non-hydrogen) atoms. The molecule has 132 valence electrons. The van der Waals surface area contributed by atoms with Gasteiger partial charge in [-0.2, -0.15) is 0 Å². The van der Waals surface area contributed by atoms with Gasteiger partial charge in [0.25, 0.3) is 0 Å². The van der Waals surface area contributed by atoms with E-state index in [0.717, 1.165) is 25.7 Å². The predicted octanol–water partition coefficient (Wildman–Crippen LogP) is 3.82. The maximum Gasteiger partial charge on any atom is 0.338 e. The van der Waals surface area contributed by atoms with Crippen molar-refractivity contribution in [3.05, 3.63) is 59.2 Å². The number of ketones is 1. The van der Waals surface area contributed by atoms with Gasteiger partial charge in [-0.3, -0.25) is 4.79 Å². The minimum Gasteiger partial charge on any atom is -0.462 e. The summed E-state index contributed by atoms with van der Waals surface area (Å²) in [5.41, 5.74) is 13.0. The smallest absolute Gasteiger partial charge is 0.338 e. The van der Waals surface area contributed by atoms with E-state index in [1.54, 1.807) is 42.5 Å². The van der Waals surface area contributed by atoms with Crippen LogP contribution in [-0.2, 0) is 4.74 Å². The lowest BCUT2D eigenvalue weighted by atomic mass is 9.97. The van der Waals surface area contributed by atoms with E-state index in [2.05, 4.69) is 6.92 Å². The maximum absolute atomic E-state index is 12.8. The van der Waals surface area contributed by atoms with Crippen molar-refractivity contribution in [2.24, 2.45) is 0 Å². The highest BCUT2D eigenvalue weighted by Gasteiger charge is 2.21. The lowest BCUT2D eigenvalue weighted by Crippen LogP contribution is -2.14. The number of hydrogen-bond donors (Lipinski definition) is 2. The van der Waals surface area contributed by atoms with Gasteiger partial charge in [0.15, 0.2) is 5.78 Å². The summed E-state index contributed by atoms with van der Waals surface area (Å²) in [7, 11) is 0. The summed E-state index contributed by atoms with van der Waals surface area (Å²) in [4.78, 5) is 25.2. The van der Waals surface area contributed by atoms with E-state index < -0.39 is 5.97 Å². The van der Waals surface area contributed by atoms with Crippen LogP contribution in [0.4, 0.5) is 11.4 Å². The van der Waals surface area contributed by atoms with E-state index in [9.17, 15) is 9.59 Å². The van der Waals surface area contributed by atoms with Crippen LogP contribution in [0.1, 0.15) is 58.9 Å². The van der Waals surface area contributed by atoms with Gasteiger partial charge in [-0.05, 0) is 24.6 Å². The zero-order valence-electron chi connectivity index (χ0n) is 14.5. The molecule has 0 aliphatic rings. The highest BCUT2D eigenvalue weighted by molar-refractivity contribution is 6.17. The molecule has 0 fully saturated rings. The van der Waals surface area contributed by atoms with Gasteiger partial charge in [0.2, 0.25) is 0 Å². The Hall–Kier alpha value is -2.82. The number of nitrogens with two attached hydrogens (primary N) is 2. The third-order valence-corrected chi connectivity index (χ3v) is 4.01. The van der Waals surface area contributed by atoms with Crippen LogP contribution in [0.3, 0.4) is 0 Å². The Labute approximate surface area is 148 Å². The second kappa shape index (κ2) is 8.87. The number of carbonyl (C=O) groups excluding carboxylic acids is 2. The highest BCUT2D eigenvalue weighted by atomic mass is 16.5. The van der Waals surface area contributed by atoms with E-state index in [-0.39, 0.29) is 28.2 Å². The van der Waals surface area contributed by atoms with Crippen LogP contribution in [0.5, 0.6) is 0 Å². The average molecular weight is 340 g/mol. The van der Waals surface area contributed by atoms with E-state index >= 15 is 0 Å². The monoisotopic (exact) mass is 340 g/mol. The largest absolute Gasteiger partial charge is 0.462 e. The first-order chi connectivity index (χ1) is 12.1. The number of hydrogen-bond acceptors (Lipinski definition) is 5. The predicted molar refractivity (Wildman–Crippen MR) is 99.6 cm³/mol. The standard InChI is InChI=1S/C20H24N2O3/c1-2-3-4-7-13-25-20(24)15-10-6-5-9-14(15)19(23)16-11-8-12-17(21)18(16)22/h5-6,8-12H,2-4,7,13,21-22H2,1H3. The number of rotatable bonds is 8. The molecule has 5 nitrogen and oxygen atoms in total. The van der Waals surface area contributed by atoms with Gasteiger partial charge in [0, 0.05) is 11.1 Å². The van der Waals surface area contributed by atoms with Crippen molar-refractivity contribution in [3.63, 3.8) is 0 Å². The zero-order valence-corrected chi connectivity index (χ0v) is 14.5. The Balaban J connectivity index is 2.18. The van der Waals surface area contributed by atoms with Gasteiger partial charge in [0.1, 0.15) is 0 Å². The van der Waals surface area contributed by atoms with Crippen molar-refractivity contribution in [1.82, 2.24) is 0 Å². The summed E-state index contributed by atoms with van der Waals surface area (Å²) < 4.78 is 5.31. The van der Waals surface area contributed by atoms with Crippen molar-refractivity contribution < 1.29 is 14.3 Å². The van der Waals surface area contributed by atoms with Gasteiger partial charge in [-0.15, -0.1) is 0 Å². The van der Waals surface area contributed by atoms with Gasteiger partial charge in [-0.1, -0.05) is 50.5 Å². The molecule has 2 rings (SSSR count). The number of benzene rings is 2. The van der Waals surface area contributed by atoms with Crippen molar-refractivity contribution in [2.75, 3.05) is 18.1 Å². The van der Waals surface area contributed by atoms with Crippen molar-refractivity contribution >= 4 is 23.1 Å². The molecule has 0 bridgehead atoms. The number of esters is 1. The minimum absolute atomic E-state index is 0.218. The molecule has 5 heteroatoms. The molecule has 0 saturated carbocycles. The Morgan fingerprint density at radius 3 is 2.28 bits per heavy atom. The third-order valence-electron chi connectivity index (χ3n) is 4.01. The number of unbranched alkanes of at least 4 members (excludes halogenated alkanes) is 3. The van der Waals surface area contributed by atoms with Crippen LogP contribution < -0.4 is 11.5 Å². The number of carbonyl (C=O) groups is 2.